The SMILES string of the molecule is Cc1cc(C2(c3ccc(O)c(N4C(=O)c5ccc(C(=O)Nc6ccc7c(c6)C(C)(c6ccc(NC(=O)c8ccc9c(c8)C(=O)N(C)C9=O)cc6)CC7(C)C)cc5C4=O)c3)c3ccccc3-c3ccccc32)ccc1O. The average molecular weight is 989 g/mol. The molecule has 2 aliphatic heterocycles. The molecule has 0 saturated heterocycles. The van der Waals surface area contributed by atoms with Crippen molar-refractivity contribution in [2.45, 2.75) is 50.4 Å². The Labute approximate surface area is 431 Å². The lowest BCUT2D eigenvalue weighted by molar-refractivity contribution is 0.0691. The van der Waals surface area contributed by atoms with Gasteiger partial charge in [0.1, 0.15) is 11.5 Å². The van der Waals surface area contributed by atoms with Crippen LogP contribution in [0, 0.1) is 6.92 Å². The molecule has 1 unspecified atom stereocenters. The van der Waals surface area contributed by atoms with Gasteiger partial charge in [-0.3, -0.25) is 33.7 Å². The van der Waals surface area contributed by atoms with Crippen molar-refractivity contribution >= 4 is 52.5 Å². The number of aryl methyl sites for hydroxylation is 1. The second kappa shape index (κ2) is 16.6. The molecule has 0 radical (unpaired) electrons. The highest BCUT2D eigenvalue weighted by molar-refractivity contribution is 6.35. The third kappa shape index (κ3) is 6.89. The molecule has 2 aliphatic carbocycles. The Bertz CT molecular complexity index is 3850. The summed E-state index contributed by atoms with van der Waals surface area (Å²) < 4.78 is 0. The largest absolute Gasteiger partial charge is 0.508 e. The number of imide groups is 2. The summed E-state index contributed by atoms with van der Waals surface area (Å²) in [6, 6.07) is 48.9. The van der Waals surface area contributed by atoms with E-state index >= 15 is 0 Å². The van der Waals surface area contributed by atoms with Crippen LogP contribution in [-0.4, -0.2) is 57.6 Å². The zero-order valence-electron chi connectivity index (χ0n) is 41.5. The lowest BCUT2D eigenvalue weighted by Crippen LogP contribution is -2.32. The number of phenols is 2. The molecule has 0 saturated carbocycles. The molecule has 0 fully saturated rings. The number of fused-ring (bicyclic) bond motifs is 6. The average Bonchev–Trinajstić information content (AvgIpc) is 4.01. The molecule has 368 valence electrons. The van der Waals surface area contributed by atoms with E-state index in [-0.39, 0.29) is 56.0 Å². The molecular weight excluding hydrogens is 941 g/mol. The summed E-state index contributed by atoms with van der Waals surface area (Å²) in [5.74, 6) is -3.24. The maximum absolute atomic E-state index is 14.5. The lowest BCUT2D eigenvalue weighted by Gasteiger charge is -2.35. The molecule has 4 aliphatic rings. The summed E-state index contributed by atoms with van der Waals surface area (Å²) in [7, 11) is 1.41. The predicted octanol–water partition coefficient (Wildman–Crippen LogP) is 11.3. The summed E-state index contributed by atoms with van der Waals surface area (Å²) in [6.07, 6.45) is 0.753. The van der Waals surface area contributed by atoms with E-state index in [1.165, 1.54) is 49.5 Å². The first-order chi connectivity index (χ1) is 35.9. The van der Waals surface area contributed by atoms with Gasteiger partial charge in [-0.1, -0.05) is 106 Å². The molecule has 0 spiro atoms. The number of hydrogen-bond donors (Lipinski definition) is 4. The Hall–Kier alpha value is -9.42. The van der Waals surface area contributed by atoms with Gasteiger partial charge in [0.05, 0.1) is 33.4 Å². The van der Waals surface area contributed by atoms with Gasteiger partial charge in [-0.15, -0.1) is 0 Å². The molecule has 12 rings (SSSR count). The van der Waals surface area contributed by atoms with Crippen LogP contribution in [0.1, 0.15) is 134 Å². The van der Waals surface area contributed by atoms with E-state index in [1.54, 1.807) is 18.2 Å². The number of carbonyl (C=O) groups is 6. The summed E-state index contributed by atoms with van der Waals surface area (Å²) in [4.78, 5) is 83.3. The lowest BCUT2D eigenvalue weighted by atomic mass is 9.67. The fourth-order valence-electron chi connectivity index (χ4n) is 12.3. The Balaban J connectivity index is 0.814. The minimum absolute atomic E-state index is 0.00787. The Morgan fingerprint density at radius 2 is 0.987 bits per heavy atom. The number of benzene rings is 8. The monoisotopic (exact) mass is 988 g/mol. The highest BCUT2D eigenvalue weighted by Crippen LogP contribution is 2.58. The number of hydrogen-bond acceptors (Lipinski definition) is 8. The van der Waals surface area contributed by atoms with Crippen LogP contribution >= 0.6 is 0 Å². The van der Waals surface area contributed by atoms with Crippen molar-refractivity contribution in [3.63, 3.8) is 0 Å². The van der Waals surface area contributed by atoms with Crippen LogP contribution in [-0.2, 0) is 16.2 Å². The minimum atomic E-state index is -0.968. The van der Waals surface area contributed by atoms with E-state index in [0.29, 0.717) is 22.5 Å². The van der Waals surface area contributed by atoms with Crippen molar-refractivity contribution in [2.24, 2.45) is 0 Å². The zero-order chi connectivity index (χ0) is 52.5. The van der Waals surface area contributed by atoms with E-state index in [4.69, 9.17) is 0 Å². The summed E-state index contributed by atoms with van der Waals surface area (Å²) in [5.41, 5.74) is 9.62. The number of nitrogens with zero attached hydrogens (tertiary/aromatic N) is 2. The fraction of sp³-hybridized carbons (Fsp3) is 0.143. The summed E-state index contributed by atoms with van der Waals surface area (Å²) in [6.45, 7) is 8.35. The van der Waals surface area contributed by atoms with Crippen LogP contribution in [0.3, 0.4) is 0 Å². The molecule has 12 nitrogen and oxygen atoms in total. The van der Waals surface area contributed by atoms with Gasteiger partial charge in [-0.2, -0.15) is 0 Å². The maximum atomic E-state index is 14.5. The first-order valence-corrected chi connectivity index (χ1v) is 24.6. The molecule has 6 amide bonds. The van der Waals surface area contributed by atoms with Gasteiger partial charge in [0.15, 0.2) is 0 Å². The fourth-order valence-corrected chi connectivity index (χ4v) is 12.3. The number of rotatable bonds is 8. The number of carbonyl (C=O) groups excluding carboxylic acids is 6. The van der Waals surface area contributed by atoms with E-state index in [2.05, 4.69) is 55.7 Å². The van der Waals surface area contributed by atoms with Crippen molar-refractivity contribution in [3.05, 3.63) is 242 Å². The Morgan fingerprint density at radius 3 is 1.61 bits per heavy atom. The number of phenolic OH excluding ortho intramolecular Hbond substituents is 2. The topological polar surface area (TPSA) is 173 Å². The number of aromatic hydroxyl groups is 2. The highest BCUT2D eigenvalue weighted by Gasteiger charge is 2.49. The van der Waals surface area contributed by atoms with E-state index in [0.717, 1.165) is 60.7 Å². The number of anilines is 3. The molecular formula is C63H48N4O8. The van der Waals surface area contributed by atoms with Gasteiger partial charge in [0.25, 0.3) is 35.4 Å². The second-order valence-corrected chi connectivity index (χ2v) is 20.8. The summed E-state index contributed by atoms with van der Waals surface area (Å²) in [5, 5.41) is 28.1. The van der Waals surface area contributed by atoms with Crippen molar-refractivity contribution in [1.29, 1.82) is 0 Å². The van der Waals surface area contributed by atoms with Gasteiger partial charge < -0.3 is 20.8 Å². The van der Waals surface area contributed by atoms with E-state index < -0.39 is 46.3 Å². The second-order valence-electron chi connectivity index (χ2n) is 20.8. The zero-order valence-corrected chi connectivity index (χ0v) is 41.5. The molecule has 0 aromatic heterocycles. The molecule has 8 aromatic carbocycles. The van der Waals surface area contributed by atoms with Gasteiger partial charge in [0, 0.05) is 35.0 Å². The number of nitrogens with one attached hydrogen (secondary N) is 2. The van der Waals surface area contributed by atoms with E-state index in [1.807, 2.05) is 85.8 Å². The van der Waals surface area contributed by atoms with Crippen LogP contribution in [0.15, 0.2) is 164 Å². The molecule has 8 aromatic rings. The van der Waals surface area contributed by atoms with E-state index in [9.17, 15) is 39.0 Å². The first-order valence-electron chi connectivity index (χ1n) is 24.6. The third-order valence-electron chi connectivity index (χ3n) is 15.9. The van der Waals surface area contributed by atoms with Gasteiger partial charge in [0.2, 0.25) is 0 Å². The van der Waals surface area contributed by atoms with Gasteiger partial charge >= 0.3 is 0 Å². The maximum Gasteiger partial charge on any atom is 0.266 e. The smallest absolute Gasteiger partial charge is 0.266 e. The standard InChI is InChI=1S/C63H48N4O8/c1-34-28-38(18-26-53(34)68)63(48-12-8-6-10-42(48)43-11-7-9-13-49(43)63)39-19-27-54(69)52(31-39)67-59(74)45-24-15-36(30-47(45)60(67)75)56(71)65-41-22-25-50-51(32-41)62(4,33-61(50,2)3)37-16-20-40(21-17-37)64-55(70)35-14-23-44-46(29-35)58(73)66(5)57(44)72/h6-32,68-69H,33H2,1-5H3,(H,64,70)(H,65,71). The van der Waals surface area contributed by atoms with Crippen LogP contribution < -0.4 is 15.5 Å². The first kappa shape index (κ1) is 46.6. The van der Waals surface area contributed by atoms with Crippen molar-refractivity contribution in [1.82, 2.24) is 4.90 Å². The molecule has 1 atom stereocenters. The van der Waals surface area contributed by atoms with Crippen LogP contribution in [0.25, 0.3) is 11.1 Å². The minimum Gasteiger partial charge on any atom is -0.508 e. The Morgan fingerprint density at radius 1 is 0.480 bits per heavy atom. The third-order valence-corrected chi connectivity index (χ3v) is 15.9. The number of amides is 6. The van der Waals surface area contributed by atoms with Gasteiger partial charge in [-0.05, 0) is 153 Å². The molecule has 0 bridgehead atoms. The predicted molar refractivity (Wildman–Crippen MR) is 285 cm³/mol. The summed E-state index contributed by atoms with van der Waals surface area (Å²) >= 11 is 0. The normalized spacial score (nSPS) is 17.3. The van der Waals surface area contributed by atoms with Crippen molar-refractivity contribution in [2.75, 3.05) is 22.6 Å². The quantitative estimate of drug-likeness (QED) is 0.109. The van der Waals surface area contributed by atoms with Crippen LogP contribution in [0.5, 0.6) is 11.5 Å². The van der Waals surface area contributed by atoms with Gasteiger partial charge in [-0.25, -0.2) is 4.90 Å². The van der Waals surface area contributed by atoms with Crippen molar-refractivity contribution in [3.8, 4) is 22.6 Å². The van der Waals surface area contributed by atoms with Crippen molar-refractivity contribution < 1.29 is 39.0 Å². The van der Waals surface area contributed by atoms with Crippen LogP contribution in [0.2, 0.25) is 0 Å². The Kier molecular flexibility index (Phi) is 10.3. The highest BCUT2D eigenvalue weighted by atomic mass is 16.3. The molecule has 12 heteroatoms. The molecule has 75 heavy (non-hydrogen) atoms. The molecule has 2 heterocycles. The van der Waals surface area contributed by atoms with Crippen LogP contribution in [0.4, 0.5) is 17.1 Å². The molecule has 4 N–H and O–H groups in total.